The molecule has 0 fully saturated rings. The lowest BCUT2D eigenvalue weighted by atomic mass is 10.2. The van der Waals surface area contributed by atoms with Crippen molar-refractivity contribution in [3.63, 3.8) is 0 Å². The SMILES string of the molecule is CCCCNC(=O)c1ccc(Oc2nccnc2Sc2ccccc2)cc1. The Labute approximate surface area is 163 Å². The Bertz CT molecular complexity index is 870. The number of benzene rings is 2. The first-order valence-corrected chi connectivity index (χ1v) is 9.68. The molecule has 3 rings (SSSR count). The lowest BCUT2D eigenvalue weighted by Crippen LogP contribution is -2.24. The van der Waals surface area contributed by atoms with Gasteiger partial charge in [-0.3, -0.25) is 4.79 Å². The van der Waals surface area contributed by atoms with Gasteiger partial charge in [0.25, 0.3) is 11.8 Å². The van der Waals surface area contributed by atoms with Crippen molar-refractivity contribution in [1.82, 2.24) is 15.3 Å². The first-order valence-electron chi connectivity index (χ1n) is 8.86. The largest absolute Gasteiger partial charge is 0.437 e. The molecule has 1 N–H and O–H groups in total. The van der Waals surface area contributed by atoms with E-state index in [2.05, 4.69) is 22.2 Å². The average molecular weight is 379 g/mol. The molecule has 0 radical (unpaired) electrons. The van der Waals surface area contributed by atoms with Crippen LogP contribution in [-0.2, 0) is 0 Å². The van der Waals surface area contributed by atoms with Crippen LogP contribution in [0.25, 0.3) is 0 Å². The summed E-state index contributed by atoms with van der Waals surface area (Å²) in [5.74, 6) is 0.969. The summed E-state index contributed by atoms with van der Waals surface area (Å²) in [7, 11) is 0. The molecule has 6 heteroatoms. The van der Waals surface area contributed by atoms with E-state index in [0.717, 1.165) is 17.7 Å². The molecular formula is C21H21N3O2S. The molecule has 1 aromatic heterocycles. The maximum atomic E-state index is 12.1. The van der Waals surface area contributed by atoms with Crippen LogP contribution in [0.2, 0.25) is 0 Å². The van der Waals surface area contributed by atoms with Crippen LogP contribution in [0.4, 0.5) is 0 Å². The van der Waals surface area contributed by atoms with E-state index in [-0.39, 0.29) is 5.91 Å². The highest BCUT2D eigenvalue weighted by molar-refractivity contribution is 7.99. The summed E-state index contributed by atoms with van der Waals surface area (Å²) >= 11 is 1.49. The fraction of sp³-hybridized carbons (Fsp3) is 0.190. The number of unbranched alkanes of at least 4 members (excludes halogenated alkanes) is 1. The second kappa shape index (κ2) is 9.73. The number of carbonyl (C=O) groups excluding carboxylic acids is 1. The molecule has 1 amide bonds. The van der Waals surface area contributed by atoms with Crippen molar-refractivity contribution in [3.8, 4) is 11.6 Å². The van der Waals surface area contributed by atoms with Crippen molar-refractivity contribution in [3.05, 3.63) is 72.6 Å². The lowest BCUT2D eigenvalue weighted by molar-refractivity contribution is 0.0953. The maximum absolute atomic E-state index is 12.1. The van der Waals surface area contributed by atoms with Crippen molar-refractivity contribution >= 4 is 17.7 Å². The quantitative estimate of drug-likeness (QED) is 0.561. The summed E-state index contributed by atoms with van der Waals surface area (Å²) in [6, 6.07) is 17.0. The zero-order valence-electron chi connectivity index (χ0n) is 15.1. The predicted octanol–water partition coefficient (Wildman–Crippen LogP) is 4.95. The van der Waals surface area contributed by atoms with E-state index in [0.29, 0.717) is 28.8 Å². The van der Waals surface area contributed by atoms with Gasteiger partial charge in [-0.05, 0) is 42.8 Å². The number of nitrogens with one attached hydrogen (secondary N) is 1. The Hall–Kier alpha value is -2.86. The van der Waals surface area contributed by atoms with E-state index >= 15 is 0 Å². The monoisotopic (exact) mass is 379 g/mol. The van der Waals surface area contributed by atoms with E-state index in [1.807, 2.05) is 30.3 Å². The Morgan fingerprint density at radius 2 is 1.78 bits per heavy atom. The van der Waals surface area contributed by atoms with Gasteiger partial charge in [0.2, 0.25) is 0 Å². The van der Waals surface area contributed by atoms with Crippen LogP contribution in [0.5, 0.6) is 11.6 Å². The number of hydrogen-bond acceptors (Lipinski definition) is 5. The molecule has 0 saturated carbocycles. The Kier molecular flexibility index (Phi) is 6.82. The number of rotatable bonds is 8. The standard InChI is InChI=1S/C21H21N3O2S/c1-2-3-13-22-19(25)16-9-11-17(12-10-16)26-20-21(24-15-14-23-20)27-18-7-5-4-6-8-18/h4-12,14-15H,2-3,13H2,1H3,(H,22,25). The molecule has 1 heterocycles. The first kappa shape index (κ1) is 18.9. The number of carbonyl (C=O) groups is 1. The number of nitrogens with zero attached hydrogens (tertiary/aromatic N) is 2. The molecular weight excluding hydrogens is 358 g/mol. The highest BCUT2D eigenvalue weighted by Crippen LogP contribution is 2.33. The highest BCUT2D eigenvalue weighted by atomic mass is 32.2. The molecule has 27 heavy (non-hydrogen) atoms. The van der Waals surface area contributed by atoms with E-state index < -0.39 is 0 Å². The zero-order valence-corrected chi connectivity index (χ0v) is 15.9. The van der Waals surface area contributed by atoms with Crippen molar-refractivity contribution in [2.24, 2.45) is 0 Å². The minimum absolute atomic E-state index is 0.0742. The van der Waals surface area contributed by atoms with Crippen molar-refractivity contribution in [2.45, 2.75) is 29.7 Å². The third-order valence-electron chi connectivity index (χ3n) is 3.74. The highest BCUT2D eigenvalue weighted by Gasteiger charge is 2.11. The molecule has 138 valence electrons. The van der Waals surface area contributed by atoms with Crippen LogP contribution < -0.4 is 10.1 Å². The minimum Gasteiger partial charge on any atom is -0.437 e. The predicted molar refractivity (Wildman–Crippen MR) is 106 cm³/mol. The molecule has 0 aliphatic rings. The topological polar surface area (TPSA) is 64.1 Å². The van der Waals surface area contributed by atoms with Crippen LogP contribution in [0, 0.1) is 0 Å². The number of amides is 1. The lowest BCUT2D eigenvalue weighted by Gasteiger charge is -2.09. The average Bonchev–Trinajstić information content (AvgIpc) is 2.71. The van der Waals surface area contributed by atoms with Gasteiger partial charge in [0.1, 0.15) is 5.75 Å². The summed E-state index contributed by atoms with van der Waals surface area (Å²) in [4.78, 5) is 21.8. The number of aromatic nitrogens is 2. The Morgan fingerprint density at radius 1 is 1.04 bits per heavy atom. The van der Waals surface area contributed by atoms with Crippen LogP contribution in [0.1, 0.15) is 30.1 Å². The Morgan fingerprint density at radius 3 is 2.52 bits per heavy atom. The van der Waals surface area contributed by atoms with Gasteiger partial charge in [-0.1, -0.05) is 43.3 Å². The molecule has 0 spiro atoms. The molecule has 0 aliphatic heterocycles. The molecule has 0 saturated heterocycles. The second-order valence-corrected chi connectivity index (χ2v) is 6.88. The molecule has 0 atom stereocenters. The van der Waals surface area contributed by atoms with Crippen LogP contribution in [-0.4, -0.2) is 22.4 Å². The molecule has 5 nitrogen and oxygen atoms in total. The smallest absolute Gasteiger partial charge is 0.252 e. The van der Waals surface area contributed by atoms with Crippen LogP contribution in [0.15, 0.2) is 76.9 Å². The number of ether oxygens (including phenoxy) is 1. The van der Waals surface area contributed by atoms with Gasteiger partial charge >= 0.3 is 0 Å². The van der Waals surface area contributed by atoms with Gasteiger partial charge in [-0.2, -0.15) is 0 Å². The normalized spacial score (nSPS) is 10.4. The van der Waals surface area contributed by atoms with Gasteiger partial charge in [-0.25, -0.2) is 9.97 Å². The fourth-order valence-electron chi connectivity index (χ4n) is 2.32. The minimum atomic E-state index is -0.0742. The molecule has 3 aromatic rings. The van der Waals surface area contributed by atoms with Gasteiger partial charge < -0.3 is 10.1 Å². The van der Waals surface area contributed by atoms with E-state index in [4.69, 9.17) is 4.74 Å². The number of hydrogen-bond donors (Lipinski definition) is 1. The van der Waals surface area contributed by atoms with E-state index in [1.54, 1.807) is 36.7 Å². The van der Waals surface area contributed by atoms with Crippen molar-refractivity contribution < 1.29 is 9.53 Å². The van der Waals surface area contributed by atoms with Gasteiger partial charge in [0.15, 0.2) is 5.03 Å². The maximum Gasteiger partial charge on any atom is 0.252 e. The van der Waals surface area contributed by atoms with Gasteiger partial charge in [-0.15, -0.1) is 0 Å². The first-order chi connectivity index (χ1) is 13.3. The van der Waals surface area contributed by atoms with Gasteiger partial charge in [0, 0.05) is 29.4 Å². The molecule has 2 aromatic carbocycles. The van der Waals surface area contributed by atoms with Gasteiger partial charge in [0.05, 0.1) is 0 Å². The van der Waals surface area contributed by atoms with Crippen molar-refractivity contribution in [2.75, 3.05) is 6.54 Å². The Balaban J connectivity index is 1.68. The van der Waals surface area contributed by atoms with Crippen molar-refractivity contribution in [1.29, 1.82) is 0 Å². The van der Waals surface area contributed by atoms with E-state index in [1.165, 1.54) is 11.8 Å². The third kappa shape index (κ3) is 5.56. The summed E-state index contributed by atoms with van der Waals surface area (Å²) in [6.07, 6.45) is 5.26. The third-order valence-corrected chi connectivity index (χ3v) is 4.72. The zero-order chi connectivity index (χ0) is 18.9. The van der Waals surface area contributed by atoms with Crippen LogP contribution >= 0.6 is 11.8 Å². The molecule has 0 bridgehead atoms. The molecule has 0 aliphatic carbocycles. The summed E-state index contributed by atoms with van der Waals surface area (Å²) in [6.45, 7) is 2.78. The fourth-order valence-corrected chi connectivity index (χ4v) is 3.13. The molecule has 0 unspecified atom stereocenters. The van der Waals surface area contributed by atoms with Crippen LogP contribution in [0.3, 0.4) is 0 Å². The summed E-state index contributed by atoms with van der Waals surface area (Å²) < 4.78 is 5.89. The second-order valence-electron chi connectivity index (χ2n) is 5.82. The summed E-state index contributed by atoms with van der Waals surface area (Å²) in [5.41, 5.74) is 0.608. The summed E-state index contributed by atoms with van der Waals surface area (Å²) in [5, 5.41) is 3.59. The van der Waals surface area contributed by atoms with E-state index in [9.17, 15) is 4.79 Å².